The van der Waals surface area contributed by atoms with E-state index in [4.69, 9.17) is 9.47 Å². The number of carbonyl (C=O) groups is 1. The van der Waals surface area contributed by atoms with E-state index in [1.807, 2.05) is 67.6 Å². The van der Waals surface area contributed by atoms with Crippen molar-refractivity contribution in [3.63, 3.8) is 0 Å². The van der Waals surface area contributed by atoms with Crippen molar-refractivity contribution in [3.8, 4) is 5.75 Å². The number of hydrogen-bond donors (Lipinski definition) is 1. The van der Waals surface area contributed by atoms with Gasteiger partial charge in [-0.25, -0.2) is 0 Å². The second-order valence-corrected chi connectivity index (χ2v) is 6.81. The Hall–Kier alpha value is -2.85. The molecule has 3 aromatic rings. The van der Waals surface area contributed by atoms with E-state index in [1.165, 1.54) is 0 Å². The molecule has 132 valence electrons. The van der Waals surface area contributed by atoms with Gasteiger partial charge in [0.1, 0.15) is 11.4 Å². The summed E-state index contributed by atoms with van der Waals surface area (Å²) in [6.45, 7) is 1.98. The Morgan fingerprint density at radius 1 is 1.04 bits per heavy atom. The van der Waals surface area contributed by atoms with Crippen LogP contribution < -0.4 is 10.1 Å². The molecular weight excluding hydrogens is 326 g/mol. The molecule has 0 radical (unpaired) electrons. The van der Waals surface area contributed by atoms with Gasteiger partial charge in [-0.3, -0.25) is 4.79 Å². The van der Waals surface area contributed by atoms with E-state index in [2.05, 4.69) is 11.4 Å². The predicted molar refractivity (Wildman–Crippen MR) is 101 cm³/mol. The van der Waals surface area contributed by atoms with Crippen LogP contribution in [-0.4, -0.2) is 13.0 Å². The van der Waals surface area contributed by atoms with Crippen molar-refractivity contribution in [2.75, 3.05) is 7.11 Å². The first-order chi connectivity index (χ1) is 12.6. The Kier molecular flexibility index (Phi) is 4.13. The van der Waals surface area contributed by atoms with Crippen molar-refractivity contribution >= 4 is 16.7 Å². The normalized spacial score (nSPS) is 22.8. The summed E-state index contributed by atoms with van der Waals surface area (Å²) in [4.78, 5) is 12.4. The topological polar surface area (TPSA) is 47.6 Å². The molecule has 4 nitrogen and oxygen atoms in total. The van der Waals surface area contributed by atoms with Crippen molar-refractivity contribution in [3.05, 3.63) is 77.9 Å². The van der Waals surface area contributed by atoms with E-state index < -0.39 is 11.8 Å². The second kappa shape index (κ2) is 6.46. The number of hydrogen-bond acceptors (Lipinski definition) is 3. The Morgan fingerprint density at radius 3 is 2.54 bits per heavy atom. The van der Waals surface area contributed by atoms with Gasteiger partial charge in [0.2, 0.25) is 5.91 Å². The average Bonchev–Trinajstić information content (AvgIpc) is 2.67. The van der Waals surface area contributed by atoms with Crippen LogP contribution >= 0.6 is 0 Å². The summed E-state index contributed by atoms with van der Waals surface area (Å²) in [6.07, 6.45) is -0.160. The van der Waals surface area contributed by atoms with Gasteiger partial charge in [0.15, 0.2) is 6.23 Å². The van der Waals surface area contributed by atoms with E-state index in [-0.39, 0.29) is 12.3 Å². The standard InChI is InChI=1S/C22H21NO3/c1-22(14-20(24)23-21(26-22)15-6-4-3-5-7-15)18-10-8-17-13-19(25-2)11-9-16(17)12-18/h3-13,21H,14H2,1-2H3,(H,23,24)/t21-,22?/m1/s1. The minimum absolute atomic E-state index is 0.0116. The predicted octanol–water partition coefficient (Wildman–Crippen LogP) is 4.30. The van der Waals surface area contributed by atoms with Crippen LogP contribution in [0.15, 0.2) is 66.7 Å². The molecule has 1 saturated heterocycles. The summed E-state index contributed by atoms with van der Waals surface area (Å²) < 4.78 is 11.6. The van der Waals surface area contributed by atoms with Crippen molar-refractivity contribution in [1.29, 1.82) is 0 Å². The Balaban J connectivity index is 1.70. The van der Waals surface area contributed by atoms with Crippen molar-refractivity contribution in [2.24, 2.45) is 0 Å². The molecule has 1 N–H and O–H groups in total. The van der Waals surface area contributed by atoms with Crippen LogP contribution in [0, 0.1) is 0 Å². The number of amides is 1. The smallest absolute Gasteiger partial charge is 0.225 e. The highest BCUT2D eigenvalue weighted by atomic mass is 16.5. The summed E-state index contributed by atoms with van der Waals surface area (Å²) in [7, 11) is 1.66. The first-order valence-electron chi connectivity index (χ1n) is 8.68. The van der Waals surface area contributed by atoms with Crippen LogP contribution in [0.5, 0.6) is 5.75 Å². The van der Waals surface area contributed by atoms with Crippen LogP contribution in [-0.2, 0) is 15.1 Å². The lowest BCUT2D eigenvalue weighted by Crippen LogP contribution is -2.46. The zero-order chi connectivity index (χ0) is 18.1. The molecule has 0 bridgehead atoms. The number of carbonyl (C=O) groups excluding carboxylic acids is 1. The third kappa shape index (κ3) is 3.04. The van der Waals surface area contributed by atoms with Gasteiger partial charge in [-0.2, -0.15) is 0 Å². The third-order valence-electron chi connectivity index (χ3n) is 4.93. The summed E-state index contributed by atoms with van der Waals surface area (Å²) in [5, 5.41) is 5.12. The Labute approximate surface area is 152 Å². The van der Waals surface area contributed by atoms with Gasteiger partial charge in [0.25, 0.3) is 0 Å². The van der Waals surface area contributed by atoms with Crippen molar-refractivity contribution < 1.29 is 14.3 Å². The van der Waals surface area contributed by atoms with Gasteiger partial charge < -0.3 is 14.8 Å². The van der Waals surface area contributed by atoms with Gasteiger partial charge in [-0.1, -0.05) is 48.5 Å². The molecule has 0 aromatic heterocycles. The summed E-state index contributed by atoms with van der Waals surface area (Å²) in [5.74, 6) is 0.816. The fourth-order valence-electron chi connectivity index (χ4n) is 3.46. The zero-order valence-electron chi connectivity index (χ0n) is 14.9. The fraction of sp³-hybridized carbons (Fsp3) is 0.227. The maximum absolute atomic E-state index is 12.4. The van der Waals surface area contributed by atoms with Crippen LogP contribution in [0.4, 0.5) is 0 Å². The molecule has 1 fully saturated rings. The maximum Gasteiger partial charge on any atom is 0.225 e. The van der Waals surface area contributed by atoms with Crippen LogP contribution in [0.3, 0.4) is 0 Å². The summed E-state index contributed by atoms with van der Waals surface area (Å²) in [6, 6.07) is 21.9. The summed E-state index contributed by atoms with van der Waals surface area (Å²) >= 11 is 0. The first kappa shape index (κ1) is 16.6. The number of benzene rings is 3. The zero-order valence-corrected chi connectivity index (χ0v) is 14.9. The third-order valence-corrected chi connectivity index (χ3v) is 4.93. The minimum Gasteiger partial charge on any atom is -0.497 e. The fourth-order valence-corrected chi connectivity index (χ4v) is 3.46. The molecule has 1 aliphatic heterocycles. The molecule has 4 heteroatoms. The molecule has 4 rings (SSSR count). The first-order valence-corrected chi connectivity index (χ1v) is 8.68. The van der Waals surface area contributed by atoms with Gasteiger partial charge >= 0.3 is 0 Å². The largest absolute Gasteiger partial charge is 0.497 e. The van der Waals surface area contributed by atoms with E-state index in [0.29, 0.717) is 0 Å². The van der Waals surface area contributed by atoms with Crippen LogP contribution in [0.2, 0.25) is 0 Å². The van der Waals surface area contributed by atoms with E-state index in [1.54, 1.807) is 7.11 Å². The van der Waals surface area contributed by atoms with Gasteiger partial charge in [0, 0.05) is 5.56 Å². The van der Waals surface area contributed by atoms with E-state index in [0.717, 1.165) is 27.6 Å². The Morgan fingerprint density at radius 2 is 1.77 bits per heavy atom. The lowest BCUT2D eigenvalue weighted by Gasteiger charge is -2.39. The molecule has 1 aliphatic rings. The van der Waals surface area contributed by atoms with Crippen molar-refractivity contribution in [1.82, 2.24) is 5.32 Å². The molecule has 0 saturated carbocycles. The number of nitrogens with one attached hydrogen (secondary N) is 1. The number of rotatable bonds is 3. The van der Waals surface area contributed by atoms with Crippen LogP contribution in [0.1, 0.15) is 30.7 Å². The SMILES string of the molecule is COc1ccc2cc(C3(C)CC(=O)N[C@@H](c4ccccc4)O3)ccc2c1. The highest BCUT2D eigenvalue weighted by Crippen LogP contribution is 2.38. The second-order valence-electron chi connectivity index (χ2n) is 6.81. The molecule has 0 aliphatic carbocycles. The molecule has 3 aromatic carbocycles. The average molecular weight is 347 g/mol. The molecule has 0 spiro atoms. The quantitative estimate of drug-likeness (QED) is 0.768. The molecular formula is C22H21NO3. The highest BCUT2D eigenvalue weighted by molar-refractivity contribution is 5.85. The molecule has 1 heterocycles. The van der Waals surface area contributed by atoms with E-state index >= 15 is 0 Å². The van der Waals surface area contributed by atoms with Gasteiger partial charge in [0.05, 0.1) is 13.5 Å². The molecule has 1 amide bonds. The number of fused-ring (bicyclic) bond motifs is 1. The molecule has 1 unspecified atom stereocenters. The molecule has 2 atom stereocenters. The monoisotopic (exact) mass is 347 g/mol. The number of methoxy groups -OCH3 is 1. The van der Waals surface area contributed by atoms with Crippen LogP contribution in [0.25, 0.3) is 10.8 Å². The lowest BCUT2D eigenvalue weighted by molar-refractivity contribution is -0.164. The summed E-state index contributed by atoms with van der Waals surface area (Å²) in [5.41, 5.74) is 1.25. The van der Waals surface area contributed by atoms with Crippen molar-refractivity contribution in [2.45, 2.75) is 25.2 Å². The van der Waals surface area contributed by atoms with Gasteiger partial charge in [-0.05, 0) is 41.5 Å². The maximum atomic E-state index is 12.4. The number of ether oxygens (including phenoxy) is 2. The lowest BCUT2D eigenvalue weighted by atomic mass is 9.88. The highest BCUT2D eigenvalue weighted by Gasteiger charge is 2.39. The minimum atomic E-state index is -0.684. The molecule has 26 heavy (non-hydrogen) atoms. The Bertz CT molecular complexity index is 954. The van der Waals surface area contributed by atoms with E-state index in [9.17, 15) is 4.79 Å². The van der Waals surface area contributed by atoms with Gasteiger partial charge in [-0.15, -0.1) is 0 Å².